The highest BCUT2D eigenvalue weighted by Crippen LogP contribution is 2.28. The van der Waals surface area contributed by atoms with E-state index in [0.717, 1.165) is 16.8 Å². The van der Waals surface area contributed by atoms with Gasteiger partial charge in [-0.05, 0) is 44.2 Å². The second-order valence-corrected chi connectivity index (χ2v) is 7.75. The molecule has 0 fully saturated rings. The second kappa shape index (κ2) is 8.38. The first-order valence-corrected chi connectivity index (χ1v) is 10.4. The average Bonchev–Trinajstić information content (AvgIpc) is 3.43. The summed E-state index contributed by atoms with van der Waals surface area (Å²) in [7, 11) is 0. The van der Waals surface area contributed by atoms with Crippen LogP contribution in [-0.2, 0) is 0 Å². The zero-order valence-corrected chi connectivity index (χ0v) is 18.7. The van der Waals surface area contributed by atoms with Crippen LogP contribution >= 0.6 is 11.6 Å². The summed E-state index contributed by atoms with van der Waals surface area (Å²) in [6.07, 6.45) is 3.37. The van der Waals surface area contributed by atoms with Crippen LogP contribution in [0.1, 0.15) is 28.7 Å². The largest absolute Gasteiger partial charge is 0.436 e. The molecule has 0 aliphatic rings. The van der Waals surface area contributed by atoms with Crippen molar-refractivity contribution in [1.29, 1.82) is 5.26 Å². The number of carbonyl (C=O) groups excluding carboxylic acids is 1. The number of nitrogens with zero attached hydrogens (tertiary/aromatic N) is 8. The molecule has 34 heavy (non-hydrogen) atoms. The Hall–Kier alpha value is -4.62. The number of carbonyl (C=O) groups is 1. The number of fused-ring (bicyclic) bond motifs is 1. The number of nitriles is 1. The lowest BCUT2D eigenvalue weighted by Crippen LogP contribution is -2.10. The van der Waals surface area contributed by atoms with Gasteiger partial charge in [0.05, 0.1) is 34.9 Å². The standard InChI is InChI=1S/C23H15ClN8O2/c1-13-3-8-22(29-28-13)34-16-4-7-20-18(11-26-31(20)12-16)19-6-5-17(14(2)33)23(27-19)32-15(10-25)9-21(24)30-32/h3-9,11-12H,1-2H3. The van der Waals surface area contributed by atoms with E-state index in [1.807, 2.05) is 25.1 Å². The summed E-state index contributed by atoms with van der Waals surface area (Å²) in [5.41, 5.74) is 3.29. The summed E-state index contributed by atoms with van der Waals surface area (Å²) in [6, 6.07) is 14.0. The molecule has 0 N–H and O–H groups in total. The highest BCUT2D eigenvalue weighted by Gasteiger charge is 2.19. The molecule has 0 aromatic carbocycles. The van der Waals surface area contributed by atoms with E-state index in [4.69, 9.17) is 16.3 Å². The third kappa shape index (κ3) is 3.85. The van der Waals surface area contributed by atoms with Gasteiger partial charge in [0.1, 0.15) is 17.5 Å². The number of ether oxygens (including phenoxy) is 1. The third-order valence-electron chi connectivity index (χ3n) is 5.01. The van der Waals surface area contributed by atoms with Gasteiger partial charge < -0.3 is 4.74 Å². The van der Waals surface area contributed by atoms with Gasteiger partial charge in [0.25, 0.3) is 0 Å². The van der Waals surface area contributed by atoms with E-state index in [0.29, 0.717) is 22.9 Å². The van der Waals surface area contributed by atoms with Crippen molar-refractivity contribution in [1.82, 2.24) is 34.6 Å². The van der Waals surface area contributed by atoms with Crippen LogP contribution < -0.4 is 4.74 Å². The fourth-order valence-electron chi connectivity index (χ4n) is 3.41. The van der Waals surface area contributed by atoms with Crippen molar-refractivity contribution in [3.05, 3.63) is 77.0 Å². The number of halogens is 1. The van der Waals surface area contributed by atoms with E-state index in [9.17, 15) is 10.1 Å². The van der Waals surface area contributed by atoms with Gasteiger partial charge in [-0.1, -0.05) is 11.6 Å². The quantitative estimate of drug-likeness (QED) is 0.350. The summed E-state index contributed by atoms with van der Waals surface area (Å²) in [5.74, 6) is 0.900. The van der Waals surface area contributed by atoms with Crippen molar-refractivity contribution in [2.24, 2.45) is 0 Å². The van der Waals surface area contributed by atoms with Gasteiger partial charge in [0, 0.05) is 17.7 Å². The number of Topliss-reactive ketones (excluding diaryl/α,β-unsaturated/α-hetero) is 1. The Balaban J connectivity index is 1.56. The molecular formula is C23H15ClN8O2. The van der Waals surface area contributed by atoms with Crippen molar-refractivity contribution in [3.63, 3.8) is 0 Å². The molecule has 0 atom stereocenters. The lowest BCUT2D eigenvalue weighted by atomic mass is 10.1. The van der Waals surface area contributed by atoms with Gasteiger partial charge in [0.2, 0.25) is 5.88 Å². The highest BCUT2D eigenvalue weighted by atomic mass is 35.5. The lowest BCUT2D eigenvalue weighted by molar-refractivity contribution is 0.101. The maximum atomic E-state index is 12.2. The van der Waals surface area contributed by atoms with E-state index in [2.05, 4.69) is 25.4 Å². The molecule has 0 amide bonds. The molecule has 5 aromatic heterocycles. The van der Waals surface area contributed by atoms with Crippen LogP contribution in [0, 0.1) is 18.3 Å². The number of aromatic nitrogens is 7. The molecule has 0 aliphatic heterocycles. The maximum Gasteiger partial charge on any atom is 0.238 e. The van der Waals surface area contributed by atoms with Crippen LogP contribution in [-0.4, -0.2) is 40.4 Å². The summed E-state index contributed by atoms with van der Waals surface area (Å²) in [6.45, 7) is 3.27. The van der Waals surface area contributed by atoms with E-state index >= 15 is 0 Å². The molecule has 166 valence electrons. The first kappa shape index (κ1) is 21.2. The van der Waals surface area contributed by atoms with Crippen LogP contribution in [0.3, 0.4) is 0 Å². The van der Waals surface area contributed by atoms with Crippen molar-refractivity contribution >= 4 is 22.9 Å². The van der Waals surface area contributed by atoms with Crippen molar-refractivity contribution in [2.75, 3.05) is 0 Å². The minimum Gasteiger partial charge on any atom is -0.436 e. The predicted molar refractivity (Wildman–Crippen MR) is 122 cm³/mol. The highest BCUT2D eigenvalue weighted by molar-refractivity contribution is 6.29. The molecule has 0 saturated carbocycles. The van der Waals surface area contributed by atoms with Gasteiger partial charge in [-0.2, -0.15) is 20.6 Å². The molecular weight excluding hydrogens is 456 g/mol. The van der Waals surface area contributed by atoms with Crippen LogP contribution in [0.2, 0.25) is 5.15 Å². The molecule has 0 bridgehead atoms. The molecule has 5 rings (SSSR count). The molecule has 5 heterocycles. The fourth-order valence-corrected chi connectivity index (χ4v) is 3.59. The van der Waals surface area contributed by atoms with Gasteiger partial charge in [-0.25, -0.2) is 14.2 Å². The van der Waals surface area contributed by atoms with Crippen molar-refractivity contribution in [3.8, 4) is 34.8 Å². The Morgan fingerprint density at radius 3 is 2.74 bits per heavy atom. The topological polar surface area (TPSA) is 124 Å². The Morgan fingerprint density at radius 1 is 1.15 bits per heavy atom. The average molecular weight is 471 g/mol. The summed E-state index contributed by atoms with van der Waals surface area (Å²) < 4.78 is 8.68. The van der Waals surface area contributed by atoms with Crippen LogP contribution in [0.4, 0.5) is 0 Å². The number of rotatable bonds is 5. The van der Waals surface area contributed by atoms with Gasteiger partial charge in [-0.15, -0.1) is 5.10 Å². The lowest BCUT2D eigenvalue weighted by Gasteiger charge is -2.09. The zero-order chi connectivity index (χ0) is 23.8. The minimum absolute atomic E-state index is 0.125. The molecule has 0 saturated heterocycles. The number of pyridine rings is 2. The summed E-state index contributed by atoms with van der Waals surface area (Å²) in [4.78, 5) is 16.9. The summed E-state index contributed by atoms with van der Waals surface area (Å²) >= 11 is 5.99. The normalized spacial score (nSPS) is 10.9. The molecule has 10 nitrogen and oxygen atoms in total. The molecule has 5 aromatic rings. The fraction of sp³-hybridized carbons (Fsp3) is 0.0870. The van der Waals surface area contributed by atoms with E-state index in [1.165, 1.54) is 17.7 Å². The van der Waals surface area contributed by atoms with Crippen LogP contribution in [0.25, 0.3) is 22.6 Å². The van der Waals surface area contributed by atoms with Crippen molar-refractivity contribution in [2.45, 2.75) is 13.8 Å². The smallest absolute Gasteiger partial charge is 0.238 e. The van der Waals surface area contributed by atoms with Gasteiger partial charge >= 0.3 is 0 Å². The predicted octanol–water partition coefficient (Wildman–Crippen LogP) is 4.20. The van der Waals surface area contributed by atoms with Crippen LogP contribution in [0.15, 0.2) is 54.9 Å². The summed E-state index contributed by atoms with van der Waals surface area (Å²) in [5, 5.41) is 26.1. The van der Waals surface area contributed by atoms with E-state index in [1.54, 1.807) is 41.2 Å². The van der Waals surface area contributed by atoms with Crippen LogP contribution in [0.5, 0.6) is 11.6 Å². The Kier molecular flexibility index (Phi) is 5.24. The molecule has 0 aliphatic carbocycles. The first-order valence-electron chi connectivity index (χ1n) is 10.1. The van der Waals surface area contributed by atoms with Crippen molar-refractivity contribution < 1.29 is 9.53 Å². The molecule has 0 spiro atoms. The van der Waals surface area contributed by atoms with Gasteiger partial charge in [-0.3, -0.25) is 4.79 Å². The number of aryl methyl sites for hydroxylation is 1. The molecule has 11 heteroatoms. The number of ketones is 1. The number of hydrogen-bond acceptors (Lipinski definition) is 8. The SMILES string of the molecule is CC(=O)c1ccc(-c2cnn3cc(Oc4ccc(C)nn4)ccc23)nc1-n1nc(Cl)cc1C#N. The Labute approximate surface area is 198 Å². The molecule has 0 unspecified atom stereocenters. The maximum absolute atomic E-state index is 12.2. The Bertz CT molecular complexity index is 1600. The monoisotopic (exact) mass is 470 g/mol. The van der Waals surface area contributed by atoms with E-state index in [-0.39, 0.29) is 22.4 Å². The molecule has 0 radical (unpaired) electrons. The van der Waals surface area contributed by atoms with Gasteiger partial charge in [0.15, 0.2) is 16.8 Å². The first-order chi connectivity index (χ1) is 16.4. The minimum atomic E-state index is -0.217. The third-order valence-corrected chi connectivity index (χ3v) is 5.19. The van der Waals surface area contributed by atoms with E-state index < -0.39 is 0 Å². The Morgan fingerprint density at radius 2 is 2.00 bits per heavy atom. The second-order valence-electron chi connectivity index (χ2n) is 7.37. The zero-order valence-electron chi connectivity index (χ0n) is 18.0. The number of hydrogen-bond donors (Lipinski definition) is 0.